The molecule has 1 heterocycles. The van der Waals surface area contributed by atoms with Gasteiger partial charge in [0.2, 0.25) is 0 Å². The second-order valence-electron chi connectivity index (χ2n) is 3.24. The summed E-state index contributed by atoms with van der Waals surface area (Å²) in [5, 5.41) is 4.90. The van der Waals surface area contributed by atoms with E-state index in [-0.39, 0.29) is 11.0 Å². The van der Waals surface area contributed by atoms with Gasteiger partial charge in [-0.1, -0.05) is 6.92 Å². The largest absolute Gasteiger partial charge is 0.395 e. The second kappa shape index (κ2) is 4.94. The molecule has 0 aliphatic carbocycles. The van der Waals surface area contributed by atoms with Gasteiger partial charge in [-0.3, -0.25) is 0 Å². The molecule has 2 nitrogen and oxygen atoms in total. The molecule has 1 unspecified atom stereocenters. The van der Waals surface area contributed by atoms with Crippen LogP contribution < -0.4 is 5.32 Å². The van der Waals surface area contributed by atoms with Crippen molar-refractivity contribution in [3.8, 4) is 0 Å². The Hall–Kier alpha value is -0.620. The molecular formula is C9H13F3N2S. The van der Waals surface area contributed by atoms with Crippen molar-refractivity contribution in [2.24, 2.45) is 0 Å². The smallest absolute Gasteiger partial charge is 0.309 e. The summed E-state index contributed by atoms with van der Waals surface area (Å²) in [6.45, 7) is 4.60. The maximum Gasteiger partial charge on any atom is 0.395 e. The Balaban J connectivity index is 2.64. The van der Waals surface area contributed by atoms with Gasteiger partial charge in [0.15, 0.2) is 0 Å². The maximum absolute atomic E-state index is 12.1. The molecule has 1 aromatic rings. The Kier molecular flexibility index (Phi) is 4.10. The van der Waals surface area contributed by atoms with Crippen LogP contribution in [0, 0.1) is 0 Å². The van der Waals surface area contributed by atoms with Crippen molar-refractivity contribution in [2.75, 3.05) is 6.54 Å². The van der Waals surface area contributed by atoms with Crippen LogP contribution in [0.4, 0.5) is 13.2 Å². The highest BCUT2D eigenvalue weighted by atomic mass is 32.1. The molecule has 1 rings (SSSR count). The van der Waals surface area contributed by atoms with Crippen molar-refractivity contribution in [3.63, 3.8) is 0 Å². The lowest BCUT2D eigenvalue weighted by Gasteiger charge is -2.08. The Labute approximate surface area is 90.5 Å². The lowest BCUT2D eigenvalue weighted by molar-refractivity contribution is -0.127. The van der Waals surface area contributed by atoms with Crippen molar-refractivity contribution >= 4 is 11.3 Å². The van der Waals surface area contributed by atoms with Gasteiger partial charge >= 0.3 is 6.18 Å². The molecule has 0 aromatic carbocycles. The normalized spacial score (nSPS) is 14.2. The minimum absolute atomic E-state index is 0.00762. The van der Waals surface area contributed by atoms with Gasteiger partial charge in [-0.2, -0.15) is 13.2 Å². The van der Waals surface area contributed by atoms with Gasteiger partial charge in [0, 0.05) is 11.4 Å². The standard InChI is InChI=1S/C9H13F3N2S/c1-3-13-6(2)7-5-15-8(14-7)4-9(10,11)12/h5-6,13H,3-4H2,1-2H3. The van der Waals surface area contributed by atoms with Crippen LogP contribution in [0.2, 0.25) is 0 Å². The molecule has 0 bridgehead atoms. The second-order valence-corrected chi connectivity index (χ2v) is 4.18. The average Bonchev–Trinajstić information content (AvgIpc) is 2.50. The Morgan fingerprint density at radius 2 is 2.20 bits per heavy atom. The molecule has 0 radical (unpaired) electrons. The molecule has 0 saturated carbocycles. The summed E-state index contributed by atoms with van der Waals surface area (Å²) in [5.41, 5.74) is 0.682. The van der Waals surface area contributed by atoms with Crippen LogP contribution in [-0.2, 0) is 6.42 Å². The van der Waals surface area contributed by atoms with E-state index in [1.165, 1.54) is 0 Å². The summed E-state index contributed by atoms with van der Waals surface area (Å²) >= 11 is 1.06. The molecule has 0 spiro atoms. The number of alkyl halides is 3. The van der Waals surface area contributed by atoms with Crippen LogP contribution in [0.15, 0.2) is 5.38 Å². The number of thiazole rings is 1. The molecule has 0 amide bonds. The molecule has 0 aliphatic rings. The van der Waals surface area contributed by atoms with Crippen molar-refractivity contribution in [2.45, 2.75) is 32.5 Å². The molecule has 1 atom stereocenters. The monoisotopic (exact) mass is 238 g/mol. The fraction of sp³-hybridized carbons (Fsp3) is 0.667. The molecule has 6 heteroatoms. The Bertz CT molecular complexity index is 309. The molecule has 15 heavy (non-hydrogen) atoms. The van der Waals surface area contributed by atoms with Crippen molar-refractivity contribution in [1.29, 1.82) is 0 Å². The maximum atomic E-state index is 12.1. The van der Waals surface area contributed by atoms with E-state index in [0.29, 0.717) is 5.69 Å². The van der Waals surface area contributed by atoms with Crippen molar-refractivity contribution in [3.05, 3.63) is 16.1 Å². The fourth-order valence-electron chi connectivity index (χ4n) is 1.19. The van der Waals surface area contributed by atoms with E-state index < -0.39 is 12.6 Å². The molecule has 1 N–H and O–H groups in total. The summed E-state index contributed by atoms with van der Waals surface area (Å²) in [6.07, 6.45) is -5.10. The third-order valence-electron chi connectivity index (χ3n) is 1.88. The number of aromatic nitrogens is 1. The van der Waals surface area contributed by atoms with Crippen LogP contribution in [0.1, 0.15) is 30.6 Å². The average molecular weight is 238 g/mol. The van der Waals surface area contributed by atoms with Crippen LogP contribution in [-0.4, -0.2) is 17.7 Å². The Morgan fingerprint density at radius 3 is 2.73 bits per heavy atom. The van der Waals surface area contributed by atoms with Gasteiger partial charge in [-0.05, 0) is 13.5 Å². The summed E-state index contributed by atoms with van der Waals surface area (Å²) in [7, 11) is 0. The van der Waals surface area contributed by atoms with Crippen molar-refractivity contribution < 1.29 is 13.2 Å². The highest BCUT2D eigenvalue weighted by Gasteiger charge is 2.29. The van der Waals surface area contributed by atoms with Crippen LogP contribution in [0.5, 0.6) is 0 Å². The fourth-order valence-corrected chi connectivity index (χ4v) is 2.11. The predicted molar refractivity (Wildman–Crippen MR) is 54.0 cm³/mol. The third-order valence-corrected chi connectivity index (χ3v) is 2.74. The predicted octanol–water partition coefficient (Wildman–Crippen LogP) is 2.92. The number of hydrogen-bond donors (Lipinski definition) is 1. The molecule has 0 saturated heterocycles. The number of halogens is 3. The van der Waals surface area contributed by atoms with Gasteiger partial charge in [-0.15, -0.1) is 11.3 Å². The van der Waals surface area contributed by atoms with Gasteiger partial charge in [0.1, 0.15) is 5.01 Å². The van der Waals surface area contributed by atoms with E-state index in [1.54, 1.807) is 5.38 Å². The van der Waals surface area contributed by atoms with Crippen LogP contribution in [0.3, 0.4) is 0 Å². The molecule has 86 valence electrons. The number of nitrogens with one attached hydrogen (secondary N) is 1. The van der Waals surface area contributed by atoms with Crippen LogP contribution >= 0.6 is 11.3 Å². The number of hydrogen-bond acceptors (Lipinski definition) is 3. The molecule has 1 aromatic heterocycles. The van der Waals surface area contributed by atoms with Gasteiger partial charge in [0.05, 0.1) is 12.1 Å². The molecule has 0 aliphatic heterocycles. The summed E-state index contributed by atoms with van der Waals surface area (Å²) in [6, 6.07) is 0.00762. The Morgan fingerprint density at radius 1 is 1.53 bits per heavy atom. The molecular weight excluding hydrogens is 225 g/mol. The quantitative estimate of drug-likeness (QED) is 0.872. The zero-order chi connectivity index (χ0) is 11.5. The highest BCUT2D eigenvalue weighted by Crippen LogP contribution is 2.24. The van der Waals surface area contributed by atoms with Gasteiger partial charge in [-0.25, -0.2) is 4.98 Å². The lowest BCUT2D eigenvalue weighted by Crippen LogP contribution is -2.18. The first-order chi connectivity index (χ1) is 6.92. The van der Waals surface area contributed by atoms with Gasteiger partial charge in [0.25, 0.3) is 0 Å². The van der Waals surface area contributed by atoms with Gasteiger partial charge < -0.3 is 5.32 Å². The summed E-state index contributed by atoms with van der Waals surface area (Å²) in [5.74, 6) is 0. The summed E-state index contributed by atoms with van der Waals surface area (Å²) < 4.78 is 36.2. The summed E-state index contributed by atoms with van der Waals surface area (Å²) in [4.78, 5) is 3.95. The van der Waals surface area contributed by atoms with E-state index in [0.717, 1.165) is 17.9 Å². The zero-order valence-electron chi connectivity index (χ0n) is 8.56. The first kappa shape index (κ1) is 12.4. The minimum Gasteiger partial charge on any atom is -0.309 e. The van der Waals surface area contributed by atoms with Crippen LogP contribution in [0.25, 0.3) is 0 Å². The van der Waals surface area contributed by atoms with E-state index in [2.05, 4.69) is 10.3 Å². The lowest BCUT2D eigenvalue weighted by atomic mass is 10.2. The molecule has 0 fully saturated rings. The van der Waals surface area contributed by atoms with E-state index in [4.69, 9.17) is 0 Å². The van der Waals surface area contributed by atoms with Crippen molar-refractivity contribution in [1.82, 2.24) is 10.3 Å². The highest BCUT2D eigenvalue weighted by molar-refractivity contribution is 7.09. The minimum atomic E-state index is -4.17. The van der Waals surface area contributed by atoms with E-state index in [9.17, 15) is 13.2 Å². The topological polar surface area (TPSA) is 24.9 Å². The first-order valence-electron chi connectivity index (χ1n) is 4.67. The SMILES string of the molecule is CCNC(C)c1csc(CC(F)(F)F)n1. The van der Waals surface area contributed by atoms with E-state index >= 15 is 0 Å². The third kappa shape index (κ3) is 4.17. The number of nitrogens with zero attached hydrogens (tertiary/aromatic N) is 1. The number of rotatable bonds is 4. The first-order valence-corrected chi connectivity index (χ1v) is 5.54. The zero-order valence-corrected chi connectivity index (χ0v) is 9.37. The van der Waals surface area contributed by atoms with E-state index in [1.807, 2.05) is 13.8 Å².